The topological polar surface area (TPSA) is 122 Å². The number of carbonyl (C=O) groups is 3. The Bertz CT molecular complexity index is 1310. The summed E-state index contributed by atoms with van der Waals surface area (Å²) in [7, 11) is 1.66. The zero-order valence-corrected chi connectivity index (χ0v) is 20.9. The molecule has 2 aromatic carbocycles. The number of nitrogens with zero attached hydrogens (tertiary/aromatic N) is 3. The molecule has 0 saturated carbocycles. The van der Waals surface area contributed by atoms with Gasteiger partial charge in [0.15, 0.2) is 0 Å². The summed E-state index contributed by atoms with van der Waals surface area (Å²) in [5, 5.41) is 5.02. The number of primary amides is 1. The molecule has 4 amide bonds. The summed E-state index contributed by atoms with van der Waals surface area (Å²) in [5.74, 6) is -0.526. The summed E-state index contributed by atoms with van der Waals surface area (Å²) in [6.45, 7) is 6.03. The van der Waals surface area contributed by atoms with E-state index in [1.54, 1.807) is 29.8 Å². The largest absolute Gasteiger partial charge is 0.416 e. The molecule has 1 aromatic heterocycles. The number of aryl methyl sites for hydroxylation is 1. The molecule has 0 radical (unpaired) electrons. The first kappa shape index (κ1) is 27.5. The lowest BCUT2D eigenvalue weighted by Crippen LogP contribution is -2.29. The van der Waals surface area contributed by atoms with E-state index in [1.165, 1.54) is 4.90 Å². The van der Waals surface area contributed by atoms with Crippen molar-refractivity contribution in [1.82, 2.24) is 9.55 Å². The van der Waals surface area contributed by atoms with Gasteiger partial charge in [-0.05, 0) is 47.9 Å². The highest BCUT2D eigenvalue weighted by molar-refractivity contribution is 6.00. The number of amides is 4. The van der Waals surface area contributed by atoms with Gasteiger partial charge in [-0.15, -0.1) is 0 Å². The van der Waals surface area contributed by atoms with Crippen LogP contribution in [-0.2, 0) is 22.3 Å². The maximum atomic E-state index is 12.8. The van der Waals surface area contributed by atoms with E-state index in [0.29, 0.717) is 23.1 Å². The molecule has 0 aliphatic rings. The highest BCUT2D eigenvalue weighted by Crippen LogP contribution is 2.30. The van der Waals surface area contributed by atoms with E-state index >= 15 is 0 Å². The highest BCUT2D eigenvalue weighted by Gasteiger charge is 2.30. The van der Waals surface area contributed by atoms with Crippen molar-refractivity contribution in [2.24, 2.45) is 11.1 Å². The Labute approximate surface area is 211 Å². The number of benzene rings is 2. The van der Waals surface area contributed by atoms with E-state index in [4.69, 9.17) is 5.73 Å². The van der Waals surface area contributed by atoms with Crippen molar-refractivity contribution >= 4 is 46.2 Å². The van der Waals surface area contributed by atoms with Crippen LogP contribution in [0.3, 0.4) is 0 Å². The summed E-state index contributed by atoms with van der Waals surface area (Å²) in [4.78, 5) is 42.6. The number of alkyl halides is 3. The molecule has 0 spiro atoms. The number of nitrogens with one attached hydrogen (secondary N) is 2. The molecule has 0 unspecified atom stereocenters. The molecule has 9 nitrogen and oxygen atoms in total. The molecule has 3 aromatic rings. The Morgan fingerprint density at radius 1 is 1.03 bits per heavy atom. The van der Waals surface area contributed by atoms with Gasteiger partial charge in [0.25, 0.3) is 0 Å². The van der Waals surface area contributed by atoms with Crippen LogP contribution in [0.4, 0.5) is 35.3 Å². The molecule has 4 N–H and O–H groups in total. The number of urea groups is 1. The van der Waals surface area contributed by atoms with Crippen molar-refractivity contribution in [2.75, 3.05) is 22.6 Å². The second-order valence-electron chi connectivity index (χ2n) is 9.82. The van der Waals surface area contributed by atoms with Crippen LogP contribution in [0.25, 0.3) is 11.0 Å². The van der Waals surface area contributed by atoms with Crippen LogP contribution in [0.1, 0.15) is 39.2 Å². The fourth-order valence-electron chi connectivity index (χ4n) is 3.59. The van der Waals surface area contributed by atoms with Crippen LogP contribution in [0.15, 0.2) is 42.5 Å². The minimum atomic E-state index is -4.49. The Morgan fingerprint density at radius 2 is 1.68 bits per heavy atom. The van der Waals surface area contributed by atoms with Gasteiger partial charge in [0.05, 0.1) is 16.6 Å². The lowest BCUT2D eigenvalue weighted by Gasteiger charge is -2.23. The molecule has 37 heavy (non-hydrogen) atoms. The predicted octanol–water partition coefficient (Wildman–Crippen LogP) is 4.97. The van der Waals surface area contributed by atoms with Crippen molar-refractivity contribution in [2.45, 2.75) is 46.3 Å². The normalized spacial score (nSPS) is 11.9. The molecule has 3 rings (SSSR count). The van der Waals surface area contributed by atoms with Gasteiger partial charge in [-0.25, -0.2) is 9.78 Å². The van der Waals surface area contributed by atoms with Crippen LogP contribution in [0, 0.1) is 5.41 Å². The third-order valence-corrected chi connectivity index (χ3v) is 5.45. The summed E-state index contributed by atoms with van der Waals surface area (Å²) >= 11 is 0. The van der Waals surface area contributed by atoms with Gasteiger partial charge in [-0.3, -0.25) is 14.9 Å². The van der Waals surface area contributed by atoms with Crippen LogP contribution in [0.2, 0.25) is 0 Å². The molecular formula is C25H29F3N6O3. The van der Waals surface area contributed by atoms with Gasteiger partial charge in [-0.1, -0.05) is 20.8 Å². The first-order valence-electron chi connectivity index (χ1n) is 11.4. The van der Waals surface area contributed by atoms with Crippen LogP contribution in [-0.4, -0.2) is 34.4 Å². The fourth-order valence-corrected chi connectivity index (χ4v) is 3.59. The van der Waals surface area contributed by atoms with E-state index in [2.05, 4.69) is 15.6 Å². The number of hydrogen-bond acceptors (Lipinski definition) is 4. The van der Waals surface area contributed by atoms with Crippen LogP contribution < -0.4 is 21.3 Å². The number of nitrogens with two attached hydrogens (primary N) is 1. The number of aromatic nitrogens is 2. The number of fused-ring (bicyclic) bond motifs is 1. The van der Waals surface area contributed by atoms with Gasteiger partial charge < -0.3 is 20.5 Å². The number of hydrogen-bond donors (Lipinski definition) is 3. The zero-order chi connectivity index (χ0) is 27.5. The predicted molar refractivity (Wildman–Crippen MR) is 135 cm³/mol. The molecule has 0 bridgehead atoms. The SMILES string of the molecule is CN(C(=O)CC(C)(C)C)c1ccc2c(c1)nc(NC(=O)Nc1ccc(C(F)(F)F)cc1)n2CCC(N)=O. The lowest BCUT2D eigenvalue weighted by molar-refractivity contribution is -0.137. The zero-order valence-electron chi connectivity index (χ0n) is 20.9. The number of anilines is 3. The maximum absolute atomic E-state index is 12.8. The average molecular weight is 519 g/mol. The van der Waals surface area contributed by atoms with Crippen molar-refractivity contribution in [3.8, 4) is 0 Å². The van der Waals surface area contributed by atoms with E-state index in [9.17, 15) is 27.6 Å². The third kappa shape index (κ3) is 7.21. The van der Waals surface area contributed by atoms with E-state index < -0.39 is 23.7 Å². The quantitative estimate of drug-likeness (QED) is 0.409. The van der Waals surface area contributed by atoms with E-state index in [1.807, 2.05) is 20.8 Å². The Balaban J connectivity index is 1.86. The summed E-state index contributed by atoms with van der Waals surface area (Å²) in [6.07, 6.45) is -4.17. The molecule has 198 valence electrons. The molecule has 1 heterocycles. The van der Waals surface area contributed by atoms with Crippen LogP contribution >= 0.6 is 0 Å². The monoisotopic (exact) mass is 518 g/mol. The van der Waals surface area contributed by atoms with E-state index in [0.717, 1.165) is 24.3 Å². The van der Waals surface area contributed by atoms with Gasteiger partial charge >= 0.3 is 12.2 Å². The first-order chi connectivity index (χ1) is 17.1. The number of carbonyl (C=O) groups excluding carboxylic acids is 3. The smallest absolute Gasteiger partial charge is 0.370 e. The van der Waals surface area contributed by atoms with Crippen LogP contribution in [0.5, 0.6) is 0 Å². The second-order valence-corrected chi connectivity index (χ2v) is 9.82. The first-order valence-corrected chi connectivity index (χ1v) is 11.4. The van der Waals surface area contributed by atoms with Crippen molar-refractivity contribution in [3.63, 3.8) is 0 Å². The maximum Gasteiger partial charge on any atom is 0.416 e. The Hall–Kier alpha value is -4.09. The minimum absolute atomic E-state index is 0.0214. The number of imidazole rings is 1. The number of rotatable bonds is 7. The molecule has 0 saturated heterocycles. The summed E-state index contributed by atoms with van der Waals surface area (Å²) in [6, 6.07) is 8.39. The molecule has 0 aliphatic carbocycles. The summed E-state index contributed by atoms with van der Waals surface area (Å²) in [5.41, 5.74) is 6.06. The van der Waals surface area contributed by atoms with Gasteiger partial charge in [0.2, 0.25) is 17.8 Å². The Morgan fingerprint density at radius 3 is 2.24 bits per heavy atom. The number of halogens is 3. The molecular weight excluding hydrogens is 489 g/mol. The summed E-state index contributed by atoms with van der Waals surface area (Å²) < 4.78 is 39.9. The van der Waals surface area contributed by atoms with Crippen molar-refractivity contribution < 1.29 is 27.6 Å². The van der Waals surface area contributed by atoms with Crippen molar-refractivity contribution in [3.05, 3.63) is 48.0 Å². The molecule has 12 heteroatoms. The third-order valence-electron chi connectivity index (χ3n) is 5.45. The van der Waals surface area contributed by atoms with E-state index in [-0.39, 0.29) is 35.9 Å². The molecule has 0 fully saturated rings. The molecule has 0 atom stereocenters. The van der Waals surface area contributed by atoms with Gasteiger partial charge in [-0.2, -0.15) is 13.2 Å². The van der Waals surface area contributed by atoms with Gasteiger partial charge in [0, 0.05) is 37.8 Å². The lowest BCUT2D eigenvalue weighted by atomic mass is 9.91. The van der Waals surface area contributed by atoms with Crippen molar-refractivity contribution in [1.29, 1.82) is 0 Å². The van der Waals surface area contributed by atoms with Gasteiger partial charge in [0.1, 0.15) is 0 Å². The average Bonchev–Trinajstić information content (AvgIpc) is 3.11. The standard InChI is InChI=1S/C25H29F3N6O3/c1-24(2,3)14-21(36)33(4)17-9-10-19-18(13-17)31-22(34(19)12-11-20(29)35)32-23(37)30-16-7-5-15(6-8-16)25(26,27)28/h5-10,13H,11-12,14H2,1-4H3,(H2,29,35)(H2,30,31,32,37). The second kappa shape index (κ2) is 10.5. The minimum Gasteiger partial charge on any atom is -0.370 e. The highest BCUT2D eigenvalue weighted by atomic mass is 19.4. The fraction of sp³-hybridized carbons (Fsp3) is 0.360. The Kier molecular flexibility index (Phi) is 7.80. The molecule has 0 aliphatic heterocycles.